The third-order valence-electron chi connectivity index (χ3n) is 9.63. The van der Waals surface area contributed by atoms with Crippen molar-refractivity contribution in [3.63, 3.8) is 0 Å². The summed E-state index contributed by atoms with van der Waals surface area (Å²) in [6, 6.07) is 6.78. The van der Waals surface area contributed by atoms with Gasteiger partial charge in [0, 0.05) is 36.3 Å². The fourth-order valence-corrected chi connectivity index (χ4v) is 8.65. The molecule has 6 nitrogen and oxygen atoms in total. The maximum Gasteiger partial charge on any atom is 0.338 e. The van der Waals surface area contributed by atoms with Gasteiger partial charge in [-0.2, -0.15) is 0 Å². The van der Waals surface area contributed by atoms with E-state index in [4.69, 9.17) is 9.47 Å². The Balaban J connectivity index is 1.14. The maximum atomic E-state index is 11.9. The van der Waals surface area contributed by atoms with Crippen LogP contribution in [-0.4, -0.2) is 46.6 Å². The van der Waals surface area contributed by atoms with Crippen LogP contribution in [0.3, 0.4) is 0 Å². The molecular formula is C44H72N2O4S2. The number of carbonyl (C=O) groups is 2. The Kier molecular flexibility index (Phi) is 31.9. The fourth-order valence-electron chi connectivity index (χ4n) is 6.36. The molecular weight excluding hydrogens is 685 g/mol. The maximum absolute atomic E-state index is 11.9. The molecule has 0 spiro atoms. The van der Waals surface area contributed by atoms with Crippen molar-refractivity contribution in [1.29, 1.82) is 0 Å². The fraction of sp³-hybridized carbons (Fsp3) is 0.727. The molecule has 0 fully saturated rings. The van der Waals surface area contributed by atoms with Crippen molar-refractivity contribution in [2.24, 2.45) is 0 Å². The molecule has 294 valence electrons. The van der Waals surface area contributed by atoms with E-state index in [1.165, 1.54) is 166 Å². The molecule has 0 saturated carbocycles. The first kappa shape index (κ1) is 46.1. The summed E-state index contributed by atoms with van der Waals surface area (Å²) in [5.41, 5.74) is 1.16. The first-order valence-corrected chi connectivity index (χ1v) is 23.6. The zero-order chi connectivity index (χ0) is 36.8. The van der Waals surface area contributed by atoms with Crippen LogP contribution in [0.2, 0.25) is 0 Å². The number of ether oxygens (including phenoxy) is 2. The van der Waals surface area contributed by atoms with E-state index < -0.39 is 0 Å². The SMILES string of the molecule is O=C(OCCCCCCCCCCCCCCCCSSCCCCCCCCCCCCCCCCOC(=O)c1ccncc1)c1ccncc1. The van der Waals surface area contributed by atoms with Crippen molar-refractivity contribution in [2.75, 3.05) is 24.7 Å². The van der Waals surface area contributed by atoms with E-state index in [2.05, 4.69) is 31.6 Å². The summed E-state index contributed by atoms with van der Waals surface area (Å²) >= 11 is 0. The number of esters is 2. The Morgan fingerprint density at radius 2 is 0.596 bits per heavy atom. The average Bonchev–Trinajstić information content (AvgIpc) is 3.18. The standard InChI is InChI=1S/C44H72N2O4S2/c47-43(41-29-33-45-34-30-41)49-37-25-21-17-13-9-5-1-3-7-11-15-19-23-27-39-51-52-40-28-24-20-16-12-8-4-2-6-10-14-18-22-26-38-50-44(48)42-31-35-46-36-32-42/h29-36H,1-28,37-40H2. The lowest BCUT2D eigenvalue weighted by Gasteiger charge is -2.05. The smallest absolute Gasteiger partial charge is 0.338 e. The van der Waals surface area contributed by atoms with Gasteiger partial charge in [-0.15, -0.1) is 0 Å². The minimum absolute atomic E-state index is 0.241. The van der Waals surface area contributed by atoms with Gasteiger partial charge in [-0.3, -0.25) is 9.97 Å². The molecule has 2 aromatic heterocycles. The van der Waals surface area contributed by atoms with Gasteiger partial charge >= 0.3 is 11.9 Å². The van der Waals surface area contributed by atoms with Gasteiger partial charge in [0.1, 0.15) is 0 Å². The highest BCUT2D eigenvalue weighted by Gasteiger charge is 2.06. The van der Waals surface area contributed by atoms with Gasteiger partial charge in [0.2, 0.25) is 0 Å². The molecule has 0 unspecified atom stereocenters. The van der Waals surface area contributed by atoms with E-state index in [0.29, 0.717) is 24.3 Å². The highest BCUT2D eigenvalue weighted by Crippen LogP contribution is 2.25. The molecule has 52 heavy (non-hydrogen) atoms. The third-order valence-corrected chi connectivity index (χ3v) is 12.2. The number of carbonyl (C=O) groups excluding carboxylic acids is 2. The van der Waals surface area contributed by atoms with E-state index >= 15 is 0 Å². The molecule has 2 aromatic rings. The quantitative estimate of drug-likeness (QED) is 0.0383. The summed E-state index contributed by atoms with van der Waals surface area (Å²) in [7, 11) is 4.21. The third kappa shape index (κ3) is 28.4. The van der Waals surface area contributed by atoms with Crippen molar-refractivity contribution in [1.82, 2.24) is 9.97 Å². The lowest BCUT2D eigenvalue weighted by Crippen LogP contribution is -2.06. The minimum atomic E-state index is -0.241. The van der Waals surface area contributed by atoms with Gasteiger partial charge < -0.3 is 9.47 Å². The first-order valence-electron chi connectivity index (χ1n) is 21.2. The van der Waals surface area contributed by atoms with E-state index in [9.17, 15) is 9.59 Å². The average molecular weight is 757 g/mol. The van der Waals surface area contributed by atoms with Crippen molar-refractivity contribution in [3.8, 4) is 0 Å². The second-order valence-corrected chi connectivity index (χ2v) is 17.0. The van der Waals surface area contributed by atoms with Crippen LogP contribution in [0.4, 0.5) is 0 Å². The lowest BCUT2D eigenvalue weighted by molar-refractivity contribution is 0.0488. The summed E-state index contributed by atoms with van der Waals surface area (Å²) in [5.74, 6) is 2.17. The van der Waals surface area contributed by atoms with Crippen molar-refractivity contribution in [3.05, 3.63) is 60.2 Å². The molecule has 2 heterocycles. The van der Waals surface area contributed by atoms with Crippen LogP contribution in [0.25, 0.3) is 0 Å². The summed E-state index contributed by atoms with van der Waals surface area (Å²) in [5, 5.41) is 0. The second kappa shape index (κ2) is 35.9. The Bertz CT molecular complexity index is 991. The van der Waals surface area contributed by atoms with Crippen LogP contribution in [0.5, 0.6) is 0 Å². The highest BCUT2D eigenvalue weighted by molar-refractivity contribution is 8.76. The Morgan fingerprint density at radius 1 is 0.365 bits per heavy atom. The van der Waals surface area contributed by atoms with Crippen LogP contribution < -0.4 is 0 Å². The van der Waals surface area contributed by atoms with E-state index in [1.807, 2.05) is 0 Å². The predicted molar refractivity (Wildman–Crippen MR) is 223 cm³/mol. The van der Waals surface area contributed by atoms with E-state index in [0.717, 1.165) is 25.7 Å². The van der Waals surface area contributed by atoms with Gasteiger partial charge in [0.05, 0.1) is 24.3 Å². The molecule has 0 amide bonds. The first-order chi connectivity index (χ1) is 25.8. The zero-order valence-corrected chi connectivity index (χ0v) is 34.2. The molecule has 0 aliphatic rings. The van der Waals surface area contributed by atoms with Gasteiger partial charge in [-0.1, -0.05) is 176 Å². The number of pyridine rings is 2. The molecule has 0 N–H and O–H groups in total. The van der Waals surface area contributed by atoms with Gasteiger partial charge in [-0.05, 0) is 49.9 Å². The van der Waals surface area contributed by atoms with Gasteiger partial charge in [0.25, 0.3) is 0 Å². The number of hydrogen-bond acceptors (Lipinski definition) is 8. The number of hydrogen-bond donors (Lipinski definition) is 0. The zero-order valence-electron chi connectivity index (χ0n) is 32.6. The summed E-state index contributed by atoms with van der Waals surface area (Å²) in [6.07, 6.45) is 43.7. The van der Waals surface area contributed by atoms with Crippen molar-refractivity contribution in [2.45, 2.75) is 180 Å². The molecule has 0 atom stereocenters. The largest absolute Gasteiger partial charge is 0.462 e. The van der Waals surface area contributed by atoms with Crippen LogP contribution in [0.1, 0.15) is 200 Å². The van der Waals surface area contributed by atoms with Gasteiger partial charge in [-0.25, -0.2) is 9.59 Å². The normalized spacial score (nSPS) is 11.2. The van der Waals surface area contributed by atoms with Gasteiger partial charge in [0.15, 0.2) is 0 Å². The molecule has 0 aliphatic carbocycles. The van der Waals surface area contributed by atoms with Crippen LogP contribution in [0.15, 0.2) is 49.1 Å². The highest BCUT2D eigenvalue weighted by atomic mass is 33.1. The molecule has 0 radical (unpaired) electrons. The molecule has 0 aliphatic heterocycles. The van der Waals surface area contributed by atoms with E-state index in [1.54, 1.807) is 49.1 Å². The second-order valence-electron chi connectivity index (χ2n) is 14.3. The minimum Gasteiger partial charge on any atom is -0.462 e. The Labute approximate surface area is 326 Å². The van der Waals surface area contributed by atoms with Crippen LogP contribution in [-0.2, 0) is 9.47 Å². The molecule has 0 saturated heterocycles. The number of aromatic nitrogens is 2. The van der Waals surface area contributed by atoms with Crippen molar-refractivity contribution < 1.29 is 19.1 Å². The van der Waals surface area contributed by atoms with Crippen LogP contribution >= 0.6 is 21.6 Å². The molecule has 8 heteroatoms. The predicted octanol–water partition coefficient (Wildman–Crippen LogP) is 13.8. The number of unbranched alkanes of at least 4 members (excludes halogenated alkanes) is 26. The summed E-state index contributed by atoms with van der Waals surface area (Å²) < 4.78 is 10.7. The summed E-state index contributed by atoms with van der Waals surface area (Å²) in [4.78, 5) is 31.6. The molecule has 2 rings (SSSR count). The Morgan fingerprint density at radius 3 is 0.865 bits per heavy atom. The number of nitrogens with zero attached hydrogens (tertiary/aromatic N) is 2. The lowest BCUT2D eigenvalue weighted by atomic mass is 10.0. The Hall–Kier alpha value is -2.06. The molecule has 0 aromatic carbocycles. The molecule has 0 bridgehead atoms. The monoisotopic (exact) mass is 756 g/mol. The van der Waals surface area contributed by atoms with Crippen molar-refractivity contribution >= 4 is 33.5 Å². The number of rotatable bonds is 37. The topological polar surface area (TPSA) is 78.4 Å². The summed E-state index contributed by atoms with van der Waals surface area (Å²) in [6.45, 7) is 1.04. The van der Waals surface area contributed by atoms with E-state index in [-0.39, 0.29) is 11.9 Å². The van der Waals surface area contributed by atoms with Crippen LogP contribution in [0, 0.1) is 0 Å².